The largest absolute Gasteiger partial charge is 0.433 e. The zero-order valence-corrected chi connectivity index (χ0v) is 12.7. The molecule has 1 aliphatic carbocycles. The van der Waals surface area contributed by atoms with E-state index in [-0.39, 0.29) is 11.4 Å². The Morgan fingerprint density at radius 3 is 2.48 bits per heavy atom. The smallest absolute Gasteiger partial charge is 0.355 e. The molecule has 0 amide bonds. The number of hydrogen-bond donors (Lipinski definition) is 1. The maximum atomic E-state index is 12.8. The van der Waals surface area contributed by atoms with E-state index in [1.54, 1.807) is 4.90 Å². The zero-order valence-electron chi connectivity index (χ0n) is 12.7. The van der Waals surface area contributed by atoms with Gasteiger partial charge in [0.05, 0.1) is 5.56 Å². The van der Waals surface area contributed by atoms with Crippen LogP contribution in [0.5, 0.6) is 0 Å². The van der Waals surface area contributed by atoms with E-state index in [0.717, 1.165) is 31.4 Å². The molecule has 2 fully saturated rings. The van der Waals surface area contributed by atoms with Crippen molar-refractivity contribution >= 4 is 5.82 Å². The zero-order chi connectivity index (χ0) is 16.4. The van der Waals surface area contributed by atoms with Gasteiger partial charge in [-0.3, -0.25) is 0 Å². The third-order valence-corrected chi connectivity index (χ3v) is 4.47. The van der Waals surface area contributed by atoms with Gasteiger partial charge in [-0.1, -0.05) is 0 Å². The molecule has 2 heterocycles. The molecule has 0 radical (unpaired) electrons. The number of aromatic nitrogens is 1. The molecule has 0 bridgehead atoms. The van der Waals surface area contributed by atoms with Gasteiger partial charge in [0.15, 0.2) is 0 Å². The third-order valence-electron chi connectivity index (χ3n) is 4.47. The van der Waals surface area contributed by atoms with E-state index in [2.05, 4.69) is 10.3 Å². The Morgan fingerprint density at radius 1 is 1.22 bits per heavy atom. The van der Waals surface area contributed by atoms with Crippen molar-refractivity contribution in [3.63, 3.8) is 0 Å². The molecule has 0 spiro atoms. The third kappa shape index (κ3) is 3.94. The van der Waals surface area contributed by atoms with E-state index < -0.39 is 11.9 Å². The number of rotatable bonds is 4. The van der Waals surface area contributed by atoms with E-state index in [4.69, 9.17) is 5.26 Å². The van der Waals surface area contributed by atoms with Crippen LogP contribution in [0.15, 0.2) is 12.1 Å². The Morgan fingerprint density at radius 2 is 1.91 bits per heavy atom. The van der Waals surface area contributed by atoms with Gasteiger partial charge in [0, 0.05) is 19.1 Å². The number of piperidine rings is 1. The quantitative estimate of drug-likeness (QED) is 0.925. The highest BCUT2D eigenvalue weighted by molar-refractivity contribution is 5.54. The molecule has 0 aromatic carbocycles. The standard InChI is InChI=1S/C16H19F3N4/c17-16(18,19)14-4-3-12(9-20)15(22-14)23-7-5-13(6-8-23)21-10-11-1-2-11/h3-4,11,13,21H,1-2,5-8,10H2. The number of anilines is 1. The van der Waals surface area contributed by atoms with Crippen LogP contribution in [0.1, 0.15) is 36.9 Å². The van der Waals surface area contributed by atoms with Crippen molar-refractivity contribution in [1.29, 1.82) is 5.26 Å². The van der Waals surface area contributed by atoms with Crippen molar-refractivity contribution in [3.05, 3.63) is 23.4 Å². The van der Waals surface area contributed by atoms with Crippen LogP contribution in [-0.4, -0.2) is 30.7 Å². The Balaban J connectivity index is 1.67. The van der Waals surface area contributed by atoms with Crippen molar-refractivity contribution < 1.29 is 13.2 Å². The van der Waals surface area contributed by atoms with Crippen LogP contribution in [-0.2, 0) is 6.18 Å². The molecule has 3 rings (SSSR count). The first-order chi connectivity index (χ1) is 11.0. The Hall–Kier alpha value is -1.81. The minimum atomic E-state index is -4.49. The molecule has 0 unspecified atom stereocenters. The fourth-order valence-corrected chi connectivity index (χ4v) is 2.89. The molecule has 1 N–H and O–H groups in total. The Bertz CT molecular complexity index is 596. The second-order valence-corrected chi connectivity index (χ2v) is 6.29. The fourth-order valence-electron chi connectivity index (χ4n) is 2.89. The summed E-state index contributed by atoms with van der Waals surface area (Å²) < 4.78 is 38.5. The first-order valence-corrected chi connectivity index (χ1v) is 7.94. The number of pyridine rings is 1. The lowest BCUT2D eigenvalue weighted by atomic mass is 10.0. The molecule has 1 saturated heterocycles. The van der Waals surface area contributed by atoms with Gasteiger partial charge in [-0.15, -0.1) is 0 Å². The van der Waals surface area contributed by atoms with Gasteiger partial charge in [-0.2, -0.15) is 18.4 Å². The summed E-state index contributed by atoms with van der Waals surface area (Å²) in [5, 5.41) is 12.7. The first-order valence-electron chi connectivity index (χ1n) is 7.94. The molecular formula is C16H19F3N4. The van der Waals surface area contributed by atoms with Crippen molar-refractivity contribution in [1.82, 2.24) is 10.3 Å². The Kier molecular flexibility index (Phi) is 4.44. The lowest BCUT2D eigenvalue weighted by Gasteiger charge is -2.34. The lowest BCUT2D eigenvalue weighted by molar-refractivity contribution is -0.141. The van der Waals surface area contributed by atoms with Gasteiger partial charge in [0.1, 0.15) is 17.6 Å². The molecule has 4 nitrogen and oxygen atoms in total. The number of nitrogens with zero attached hydrogens (tertiary/aromatic N) is 3. The van der Waals surface area contributed by atoms with Gasteiger partial charge in [-0.05, 0) is 50.3 Å². The van der Waals surface area contributed by atoms with Crippen LogP contribution in [0.4, 0.5) is 19.0 Å². The highest BCUT2D eigenvalue weighted by Crippen LogP contribution is 2.31. The highest BCUT2D eigenvalue weighted by Gasteiger charge is 2.34. The van der Waals surface area contributed by atoms with Crippen LogP contribution in [0, 0.1) is 17.2 Å². The summed E-state index contributed by atoms with van der Waals surface area (Å²) in [7, 11) is 0. The van der Waals surface area contributed by atoms with E-state index in [1.165, 1.54) is 18.9 Å². The van der Waals surface area contributed by atoms with Crippen LogP contribution in [0.3, 0.4) is 0 Å². The van der Waals surface area contributed by atoms with Crippen molar-refractivity contribution in [3.8, 4) is 6.07 Å². The second-order valence-electron chi connectivity index (χ2n) is 6.29. The average molecular weight is 324 g/mol. The lowest BCUT2D eigenvalue weighted by Crippen LogP contribution is -2.43. The molecular weight excluding hydrogens is 305 g/mol. The van der Waals surface area contributed by atoms with Gasteiger partial charge in [-0.25, -0.2) is 4.98 Å². The summed E-state index contributed by atoms with van der Waals surface area (Å²) in [5.41, 5.74) is -0.747. The van der Waals surface area contributed by atoms with Crippen molar-refractivity contribution in [2.75, 3.05) is 24.5 Å². The topological polar surface area (TPSA) is 52.0 Å². The fraction of sp³-hybridized carbons (Fsp3) is 0.625. The van der Waals surface area contributed by atoms with E-state index in [0.29, 0.717) is 19.1 Å². The van der Waals surface area contributed by atoms with Crippen LogP contribution in [0.2, 0.25) is 0 Å². The van der Waals surface area contributed by atoms with Crippen molar-refractivity contribution in [2.24, 2.45) is 5.92 Å². The highest BCUT2D eigenvalue weighted by atomic mass is 19.4. The molecule has 7 heteroatoms. The first kappa shape index (κ1) is 16.1. The number of halogens is 3. The van der Waals surface area contributed by atoms with Gasteiger partial charge >= 0.3 is 6.18 Å². The van der Waals surface area contributed by atoms with Gasteiger partial charge < -0.3 is 10.2 Å². The number of alkyl halides is 3. The minimum absolute atomic E-state index is 0.156. The molecule has 1 aliphatic heterocycles. The van der Waals surface area contributed by atoms with Gasteiger partial charge in [0.25, 0.3) is 0 Å². The van der Waals surface area contributed by atoms with Crippen LogP contribution < -0.4 is 10.2 Å². The number of hydrogen-bond acceptors (Lipinski definition) is 4. The normalized spacial score (nSPS) is 19.7. The van der Waals surface area contributed by atoms with Gasteiger partial charge in [0.2, 0.25) is 0 Å². The summed E-state index contributed by atoms with van der Waals surface area (Å²) >= 11 is 0. The molecule has 124 valence electrons. The number of nitriles is 1. The molecule has 23 heavy (non-hydrogen) atoms. The summed E-state index contributed by atoms with van der Waals surface area (Å²) in [5.74, 6) is 0.964. The SMILES string of the molecule is N#Cc1ccc(C(F)(F)F)nc1N1CCC(NCC2CC2)CC1. The second kappa shape index (κ2) is 6.36. The van der Waals surface area contributed by atoms with E-state index in [9.17, 15) is 13.2 Å². The van der Waals surface area contributed by atoms with E-state index in [1.807, 2.05) is 6.07 Å². The summed E-state index contributed by atoms with van der Waals surface area (Å²) in [4.78, 5) is 5.50. The predicted molar refractivity (Wildman–Crippen MR) is 79.9 cm³/mol. The predicted octanol–water partition coefficient (Wildman–Crippen LogP) is 2.94. The van der Waals surface area contributed by atoms with Crippen LogP contribution >= 0.6 is 0 Å². The average Bonchev–Trinajstić information content (AvgIpc) is 3.36. The maximum absolute atomic E-state index is 12.8. The summed E-state index contributed by atoms with van der Waals surface area (Å²) in [6.07, 6.45) is -0.186. The summed E-state index contributed by atoms with van der Waals surface area (Å²) in [6.45, 7) is 2.27. The van der Waals surface area contributed by atoms with Crippen molar-refractivity contribution in [2.45, 2.75) is 37.9 Å². The minimum Gasteiger partial charge on any atom is -0.355 e. The summed E-state index contributed by atoms with van der Waals surface area (Å²) in [6, 6.07) is 4.43. The molecule has 1 aromatic heterocycles. The maximum Gasteiger partial charge on any atom is 0.433 e. The number of nitrogens with one attached hydrogen (secondary N) is 1. The molecule has 1 aromatic rings. The molecule has 2 aliphatic rings. The molecule has 1 saturated carbocycles. The Labute approximate surface area is 133 Å². The monoisotopic (exact) mass is 324 g/mol. The van der Waals surface area contributed by atoms with E-state index >= 15 is 0 Å². The van der Waals surface area contributed by atoms with Crippen LogP contribution in [0.25, 0.3) is 0 Å². The molecule has 0 atom stereocenters.